The van der Waals surface area contributed by atoms with Gasteiger partial charge in [0.25, 0.3) is 11.8 Å². The summed E-state index contributed by atoms with van der Waals surface area (Å²) in [6.45, 7) is 0.152. The SMILES string of the molecule is O=C(CSc1ccc(NC(=O)/C(=C/c2c(F)cccc2Cl)NC(=O)c2ccccc2)cc1)Nc1ccc2c(c1)OCO2. The summed E-state index contributed by atoms with van der Waals surface area (Å²) in [5.41, 5.74) is 1.11. The van der Waals surface area contributed by atoms with Crippen molar-refractivity contribution in [2.45, 2.75) is 4.90 Å². The molecule has 0 bridgehead atoms. The summed E-state index contributed by atoms with van der Waals surface area (Å²) in [6, 6.07) is 24.4. The van der Waals surface area contributed by atoms with E-state index < -0.39 is 17.6 Å². The van der Waals surface area contributed by atoms with Gasteiger partial charge in [0.05, 0.1) is 10.8 Å². The molecule has 0 saturated carbocycles. The number of benzene rings is 4. The van der Waals surface area contributed by atoms with E-state index in [0.29, 0.717) is 28.4 Å². The van der Waals surface area contributed by atoms with Gasteiger partial charge in [-0.2, -0.15) is 0 Å². The molecule has 1 aliphatic rings. The molecule has 0 unspecified atom stereocenters. The van der Waals surface area contributed by atoms with E-state index in [0.717, 1.165) is 4.90 Å². The van der Waals surface area contributed by atoms with Crippen LogP contribution in [0.4, 0.5) is 15.8 Å². The van der Waals surface area contributed by atoms with Crippen molar-refractivity contribution in [2.24, 2.45) is 0 Å². The first-order chi connectivity index (χ1) is 20.4. The van der Waals surface area contributed by atoms with E-state index in [-0.39, 0.29) is 34.7 Å². The van der Waals surface area contributed by atoms with Gasteiger partial charge in [0.15, 0.2) is 11.5 Å². The summed E-state index contributed by atoms with van der Waals surface area (Å²) in [7, 11) is 0. The van der Waals surface area contributed by atoms with Crippen molar-refractivity contribution in [3.05, 3.63) is 119 Å². The summed E-state index contributed by atoms with van der Waals surface area (Å²) in [5, 5.41) is 8.16. The van der Waals surface area contributed by atoms with Gasteiger partial charge in [-0.1, -0.05) is 35.9 Å². The molecule has 0 spiro atoms. The van der Waals surface area contributed by atoms with Gasteiger partial charge in [-0.05, 0) is 66.7 Å². The first kappa shape index (κ1) is 28.7. The van der Waals surface area contributed by atoms with Crippen LogP contribution in [0, 0.1) is 5.82 Å². The number of amides is 3. The quantitative estimate of drug-likeness (QED) is 0.152. The highest BCUT2D eigenvalue weighted by atomic mass is 35.5. The van der Waals surface area contributed by atoms with Crippen molar-refractivity contribution in [3.63, 3.8) is 0 Å². The van der Waals surface area contributed by atoms with E-state index in [9.17, 15) is 18.8 Å². The summed E-state index contributed by atoms with van der Waals surface area (Å²) in [4.78, 5) is 39.2. The molecule has 3 N–H and O–H groups in total. The molecule has 1 aliphatic heterocycles. The van der Waals surface area contributed by atoms with Gasteiger partial charge in [0.1, 0.15) is 11.5 Å². The Morgan fingerprint density at radius 1 is 0.857 bits per heavy atom. The lowest BCUT2D eigenvalue weighted by atomic mass is 10.1. The molecular formula is C31H23ClFN3O5S. The Balaban J connectivity index is 1.23. The van der Waals surface area contributed by atoms with E-state index >= 15 is 0 Å². The average molecular weight is 604 g/mol. The van der Waals surface area contributed by atoms with Gasteiger partial charge >= 0.3 is 0 Å². The van der Waals surface area contributed by atoms with Gasteiger partial charge in [-0.3, -0.25) is 14.4 Å². The maximum atomic E-state index is 14.5. The molecule has 42 heavy (non-hydrogen) atoms. The topological polar surface area (TPSA) is 106 Å². The first-order valence-corrected chi connectivity index (χ1v) is 14.0. The van der Waals surface area contributed by atoms with E-state index in [1.165, 1.54) is 36.0 Å². The average Bonchev–Trinajstić information content (AvgIpc) is 3.46. The molecule has 11 heteroatoms. The van der Waals surface area contributed by atoms with Gasteiger partial charge in [-0.15, -0.1) is 11.8 Å². The molecule has 0 aliphatic carbocycles. The Labute approximate surface area is 249 Å². The van der Waals surface area contributed by atoms with E-state index in [1.807, 2.05) is 0 Å². The van der Waals surface area contributed by atoms with E-state index in [1.54, 1.807) is 72.8 Å². The molecule has 1 heterocycles. The molecule has 4 aromatic rings. The van der Waals surface area contributed by atoms with Crippen LogP contribution in [0.25, 0.3) is 6.08 Å². The van der Waals surface area contributed by atoms with Crippen LogP contribution < -0.4 is 25.4 Å². The normalized spacial score (nSPS) is 12.0. The highest BCUT2D eigenvalue weighted by molar-refractivity contribution is 8.00. The molecule has 0 radical (unpaired) electrons. The molecule has 3 amide bonds. The van der Waals surface area contributed by atoms with E-state index in [2.05, 4.69) is 16.0 Å². The van der Waals surface area contributed by atoms with Crippen molar-refractivity contribution in [3.8, 4) is 11.5 Å². The zero-order chi connectivity index (χ0) is 29.5. The van der Waals surface area contributed by atoms with Crippen LogP contribution in [-0.4, -0.2) is 30.3 Å². The smallest absolute Gasteiger partial charge is 0.272 e. The third-order valence-electron chi connectivity index (χ3n) is 5.96. The number of halogens is 2. The van der Waals surface area contributed by atoms with Crippen molar-refractivity contribution in [2.75, 3.05) is 23.2 Å². The molecule has 0 aromatic heterocycles. The predicted molar refractivity (Wildman–Crippen MR) is 160 cm³/mol. The number of carbonyl (C=O) groups excluding carboxylic acids is 3. The Kier molecular flexibility index (Phi) is 9.05. The number of thioether (sulfide) groups is 1. The molecule has 212 valence electrons. The van der Waals surface area contributed by atoms with Gasteiger partial charge < -0.3 is 25.4 Å². The third kappa shape index (κ3) is 7.28. The van der Waals surface area contributed by atoms with Crippen LogP contribution >= 0.6 is 23.4 Å². The van der Waals surface area contributed by atoms with Crippen molar-refractivity contribution >= 4 is 58.5 Å². The minimum Gasteiger partial charge on any atom is -0.454 e. The minimum atomic E-state index is -0.679. The Bertz CT molecular complexity index is 1650. The molecule has 5 rings (SSSR count). The molecule has 0 saturated heterocycles. The van der Waals surface area contributed by atoms with Crippen molar-refractivity contribution in [1.29, 1.82) is 0 Å². The van der Waals surface area contributed by atoms with Gasteiger partial charge in [0.2, 0.25) is 12.7 Å². The Morgan fingerprint density at radius 2 is 1.60 bits per heavy atom. The maximum absolute atomic E-state index is 14.5. The number of anilines is 2. The first-order valence-electron chi connectivity index (χ1n) is 12.6. The maximum Gasteiger partial charge on any atom is 0.272 e. The standard InChI is InChI=1S/C31H23ClFN3O5S/c32-24-7-4-8-25(33)23(24)16-26(36-30(38)19-5-2-1-3-6-19)31(39)35-20-9-12-22(13-10-20)42-17-29(37)34-21-11-14-27-28(15-21)41-18-40-27/h1-16H,17-18H2,(H,34,37)(H,35,39)(H,36,38)/b26-16-. The number of rotatable bonds is 9. The van der Waals surface area contributed by atoms with Crippen molar-refractivity contribution in [1.82, 2.24) is 5.32 Å². The van der Waals surface area contributed by atoms with Crippen LogP contribution in [0.1, 0.15) is 15.9 Å². The fraction of sp³-hybridized carbons (Fsp3) is 0.0645. The van der Waals surface area contributed by atoms with Gasteiger partial charge in [-0.25, -0.2) is 4.39 Å². The molecule has 4 aromatic carbocycles. The molecule has 0 atom stereocenters. The minimum absolute atomic E-state index is 0.0385. The number of hydrogen-bond acceptors (Lipinski definition) is 6. The fourth-order valence-electron chi connectivity index (χ4n) is 3.89. The fourth-order valence-corrected chi connectivity index (χ4v) is 4.80. The number of nitrogens with one attached hydrogen (secondary N) is 3. The Morgan fingerprint density at radius 3 is 2.36 bits per heavy atom. The Hall–Kier alpha value is -4.80. The monoisotopic (exact) mass is 603 g/mol. The highest BCUT2D eigenvalue weighted by Crippen LogP contribution is 2.34. The lowest BCUT2D eigenvalue weighted by molar-refractivity contribution is -0.114. The number of carbonyl (C=O) groups is 3. The lowest BCUT2D eigenvalue weighted by Gasteiger charge is -2.12. The molecule has 8 nitrogen and oxygen atoms in total. The predicted octanol–water partition coefficient (Wildman–Crippen LogP) is 6.35. The number of hydrogen-bond donors (Lipinski definition) is 3. The zero-order valence-corrected chi connectivity index (χ0v) is 23.4. The summed E-state index contributed by atoms with van der Waals surface area (Å²) >= 11 is 7.47. The molecular weight excluding hydrogens is 581 g/mol. The molecule has 0 fully saturated rings. The van der Waals surface area contributed by atoms with Crippen LogP contribution in [0.15, 0.2) is 102 Å². The van der Waals surface area contributed by atoms with Gasteiger partial charge in [0, 0.05) is 33.5 Å². The second-order valence-corrected chi connectivity index (χ2v) is 10.4. The lowest BCUT2D eigenvalue weighted by Crippen LogP contribution is -2.30. The zero-order valence-electron chi connectivity index (χ0n) is 21.9. The largest absolute Gasteiger partial charge is 0.454 e. The van der Waals surface area contributed by atoms with E-state index in [4.69, 9.17) is 21.1 Å². The highest BCUT2D eigenvalue weighted by Gasteiger charge is 2.18. The second-order valence-electron chi connectivity index (χ2n) is 8.90. The van der Waals surface area contributed by atoms with Crippen LogP contribution in [-0.2, 0) is 9.59 Å². The van der Waals surface area contributed by atoms with Crippen molar-refractivity contribution < 1.29 is 28.2 Å². The second kappa shape index (κ2) is 13.2. The summed E-state index contributed by atoms with van der Waals surface area (Å²) < 4.78 is 25.1. The third-order valence-corrected chi connectivity index (χ3v) is 7.30. The summed E-state index contributed by atoms with van der Waals surface area (Å²) in [5.74, 6) is -0.711. The summed E-state index contributed by atoms with van der Waals surface area (Å²) in [6.07, 6.45) is 1.19. The number of ether oxygens (including phenoxy) is 2. The van der Waals surface area contributed by atoms with Crippen LogP contribution in [0.3, 0.4) is 0 Å². The van der Waals surface area contributed by atoms with Crippen LogP contribution in [0.2, 0.25) is 5.02 Å². The van der Waals surface area contributed by atoms with Crippen LogP contribution in [0.5, 0.6) is 11.5 Å². The number of fused-ring (bicyclic) bond motifs is 1.